The van der Waals surface area contributed by atoms with Crippen LogP contribution in [0.2, 0.25) is 0 Å². The quantitative estimate of drug-likeness (QED) is 0.397. The second-order valence-electron chi connectivity index (χ2n) is 7.60. The van der Waals surface area contributed by atoms with Crippen molar-refractivity contribution in [3.05, 3.63) is 72.7 Å². The number of hydrogen-bond donors (Lipinski definition) is 0. The Morgan fingerprint density at radius 1 is 1.03 bits per heavy atom. The minimum absolute atomic E-state index is 0.0219. The van der Waals surface area contributed by atoms with Crippen molar-refractivity contribution in [2.75, 3.05) is 13.3 Å². The van der Waals surface area contributed by atoms with Crippen LogP contribution < -0.4 is 5.30 Å². The highest BCUT2D eigenvalue weighted by molar-refractivity contribution is 7.70. The number of nitrogens with zero attached hydrogens (tertiary/aromatic N) is 6. The van der Waals surface area contributed by atoms with Crippen LogP contribution in [0.1, 0.15) is 5.56 Å². The SMILES string of the molecule is CP(C)(=O)c1ccc(-c2cnc3nnn(C(F)(F)c4ccc5cccn5c4)c3n2)cc1. The average molecular weight is 438 g/mol. The van der Waals surface area contributed by atoms with E-state index >= 15 is 8.78 Å². The van der Waals surface area contributed by atoms with Gasteiger partial charge in [-0.3, -0.25) is 0 Å². The average Bonchev–Trinajstić information content (AvgIpc) is 3.39. The summed E-state index contributed by atoms with van der Waals surface area (Å²) in [7, 11) is -2.40. The van der Waals surface area contributed by atoms with Gasteiger partial charge in [0, 0.05) is 28.8 Å². The van der Waals surface area contributed by atoms with E-state index in [1.165, 1.54) is 18.5 Å². The van der Waals surface area contributed by atoms with Gasteiger partial charge in [0.1, 0.15) is 7.14 Å². The zero-order valence-corrected chi connectivity index (χ0v) is 17.5. The molecule has 5 aromatic rings. The summed E-state index contributed by atoms with van der Waals surface area (Å²) in [4.78, 5) is 8.51. The van der Waals surface area contributed by atoms with Gasteiger partial charge in [-0.1, -0.05) is 29.5 Å². The van der Waals surface area contributed by atoms with E-state index < -0.39 is 13.2 Å². The summed E-state index contributed by atoms with van der Waals surface area (Å²) >= 11 is 0. The van der Waals surface area contributed by atoms with E-state index in [1.807, 2.05) is 6.07 Å². The summed E-state index contributed by atoms with van der Waals surface area (Å²) in [5, 5.41) is 8.12. The van der Waals surface area contributed by atoms with Crippen molar-refractivity contribution in [1.29, 1.82) is 0 Å². The van der Waals surface area contributed by atoms with E-state index in [-0.39, 0.29) is 16.9 Å². The molecular formula is C21H17F2N6OP. The second kappa shape index (κ2) is 6.78. The first kappa shape index (κ1) is 19.5. The van der Waals surface area contributed by atoms with Crippen molar-refractivity contribution in [2.24, 2.45) is 0 Å². The Morgan fingerprint density at radius 2 is 1.81 bits per heavy atom. The van der Waals surface area contributed by atoms with Gasteiger partial charge in [-0.05, 0) is 37.6 Å². The van der Waals surface area contributed by atoms with E-state index in [0.29, 0.717) is 15.9 Å². The lowest BCUT2D eigenvalue weighted by atomic mass is 10.2. The van der Waals surface area contributed by atoms with E-state index in [4.69, 9.17) is 0 Å². The van der Waals surface area contributed by atoms with Crippen LogP contribution in [0.15, 0.2) is 67.1 Å². The lowest BCUT2D eigenvalue weighted by molar-refractivity contribution is -0.0463. The normalized spacial score (nSPS) is 12.6. The number of alkyl halides is 2. The summed E-state index contributed by atoms with van der Waals surface area (Å²) < 4.78 is 45.0. The molecule has 10 heteroatoms. The molecule has 5 rings (SSSR count). The molecule has 156 valence electrons. The van der Waals surface area contributed by atoms with Crippen LogP contribution in [0.25, 0.3) is 28.1 Å². The Morgan fingerprint density at radius 3 is 2.55 bits per heavy atom. The molecule has 0 fully saturated rings. The largest absolute Gasteiger partial charge is 0.375 e. The predicted molar refractivity (Wildman–Crippen MR) is 114 cm³/mol. The van der Waals surface area contributed by atoms with Crippen LogP contribution in [0.5, 0.6) is 0 Å². The Balaban J connectivity index is 1.59. The Kier molecular flexibility index (Phi) is 4.27. The Bertz CT molecular complexity index is 1470. The van der Waals surface area contributed by atoms with Gasteiger partial charge in [0.2, 0.25) is 11.3 Å². The number of aromatic nitrogens is 6. The summed E-state index contributed by atoms with van der Waals surface area (Å²) in [5.41, 5.74) is 1.50. The molecule has 0 aliphatic carbocycles. The van der Waals surface area contributed by atoms with Gasteiger partial charge in [-0.2, -0.15) is 13.5 Å². The van der Waals surface area contributed by atoms with Crippen molar-refractivity contribution in [1.82, 2.24) is 29.4 Å². The van der Waals surface area contributed by atoms with Crippen molar-refractivity contribution < 1.29 is 13.3 Å². The first-order valence-corrected chi connectivity index (χ1v) is 12.0. The molecule has 0 aliphatic rings. The minimum Gasteiger partial charge on any atom is -0.323 e. The van der Waals surface area contributed by atoms with Crippen LogP contribution >= 0.6 is 7.14 Å². The number of halogens is 2. The molecule has 0 saturated carbocycles. The van der Waals surface area contributed by atoms with E-state index in [2.05, 4.69) is 20.3 Å². The molecule has 1 aromatic carbocycles. The lowest BCUT2D eigenvalue weighted by Crippen LogP contribution is -2.26. The number of rotatable bonds is 4. The van der Waals surface area contributed by atoms with Gasteiger partial charge in [-0.15, -0.1) is 5.10 Å². The van der Waals surface area contributed by atoms with E-state index in [0.717, 1.165) is 10.8 Å². The fourth-order valence-electron chi connectivity index (χ4n) is 3.37. The molecule has 0 bridgehead atoms. The molecule has 31 heavy (non-hydrogen) atoms. The molecule has 0 unspecified atom stereocenters. The van der Waals surface area contributed by atoms with Crippen LogP contribution in [-0.2, 0) is 10.6 Å². The first-order chi connectivity index (χ1) is 14.7. The van der Waals surface area contributed by atoms with Crippen molar-refractivity contribution >= 4 is 29.3 Å². The van der Waals surface area contributed by atoms with Crippen LogP contribution in [0.4, 0.5) is 8.78 Å². The minimum atomic E-state index is -3.48. The van der Waals surface area contributed by atoms with Gasteiger partial charge in [0.15, 0.2) is 0 Å². The maximum atomic E-state index is 15.4. The summed E-state index contributed by atoms with van der Waals surface area (Å²) in [6.07, 6.45) is 4.51. The van der Waals surface area contributed by atoms with Crippen molar-refractivity contribution in [2.45, 2.75) is 6.05 Å². The summed E-state index contributed by atoms with van der Waals surface area (Å²) in [5.74, 6) is 0. The highest BCUT2D eigenvalue weighted by atomic mass is 31.2. The predicted octanol–water partition coefficient (Wildman–Crippen LogP) is 3.99. The van der Waals surface area contributed by atoms with Crippen LogP contribution in [-0.4, -0.2) is 42.7 Å². The fourth-order valence-corrected chi connectivity index (χ4v) is 4.24. The van der Waals surface area contributed by atoms with Crippen molar-refractivity contribution in [3.63, 3.8) is 0 Å². The third kappa shape index (κ3) is 3.31. The molecule has 0 radical (unpaired) electrons. The monoisotopic (exact) mass is 438 g/mol. The summed E-state index contributed by atoms with van der Waals surface area (Å²) in [6, 6.07) is 10.1. The smallest absolute Gasteiger partial charge is 0.323 e. The zero-order valence-electron chi connectivity index (χ0n) is 16.6. The maximum absolute atomic E-state index is 15.4. The number of hydrogen-bond acceptors (Lipinski definition) is 5. The van der Waals surface area contributed by atoms with Crippen molar-refractivity contribution in [3.8, 4) is 11.3 Å². The highest BCUT2D eigenvalue weighted by Gasteiger charge is 2.38. The molecule has 0 amide bonds. The Labute approximate surface area is 175 Å². The number of pyridine rings is 1. The third-order valence-corrected chi connectivity index (χ3v) is 6.63. The molecular weight excluding hydrogens is 421 g/mol. The Hall–Kier alpha value is -3.45. The maximum Gasteiger partial charge on any atom is 0.375 e. The van der Waals surface area contributed by atoms with Gasteiger partial charge in [-0.25, -0.2) is 9.97 Å². The third-order valence-electron chi connectivity index (χ3n) is 5.09. The van der Waals surface area contributed by atoms with Gasteiger partial charge in [0.25, 0.3) is 0 Å². The molecule has 4 heterocycles. The van der Waals surface area contributed by atoms with E-state index in [1.54, 1.807) is 60.3 Å². The van der Waals surface area contributed by atoms with E-state index in [9.17, 15) is 4.57 Å². The molecule has 0 saturated heterocycles. The first-order valence-electron chi connectivity index (χ1n) is 9.43. The molecule has 0 N–H and O–H groups in total. The summed E-state index contributed by atoms with van der Waals surface area (Å²) in [6.45, 7) is 3.37. The fraction of sp³-hybridized carbons (Fsp3) is 0.143. The number of benzene rings is 1. The molecule has 0 atom stereocenters. The van der Waals surface area contributed by atoms with Gasteiger partial charge >= 0.3 is 6.05 Å². The molecule has 7 nitrogen and oxygen atoms in total. The van der Waals surface area contributed by atoms with Crippen LogP contribution in [0, 0.1) is 0 Å². The van der Waals surface area contributed by atoms with Gasteiger partial charge in [0.05, 0.1) is 17.5 Å². The topological polar surface area (TPSA) is 78.0 Å². The van der Waals surface area contributed by atoms with Crippen LogP contribution in [0.3, 0.4) is 0 Å². The lowest BCUT2D eigenvalue weighted by Gasteiger charge is -2.17. The molecule has 4 aromatic heterocycles. The molecule has 0 spiro atoms. The number of fused-ring (bicyclic) bond motifs is 2. The highest BCUT2D eigenvalue weighted by Crippen LogP contribution is 2.35. The standard InChI is InChI=1S/C21H17F2N6OP/c1-31(2,30)17-9-5-14(6-10-17)18-12-24-19-20(25-18)29(27-26-19)21(22,23)15-7-8-16-4-3-11-28(16)13-15/h3-13H,1-2H3. The molecule has 0 aliphatic heterocycles. The second-order valence-corrected chi connectivity index (χ2v) is 10.8. The zero-order chi connectivity index (χ0) is 21.8. The van der Waals surface area contributed by atoms with Gasteiger partial charge < -0.3 is 8.97 Å².